The van der Waals surface area contributed by atoms with Crippen molar-refractivity contribution < 1.29 is 34.4 Å². The summed E-state index contributed by atoms with van der Waals surface area (Å²) in [6.07, 6.45) is 2.75. The van der Waals surface area contributed by atoms with Gasteiger partial charge in [-0.2, -0.15) is 0 Å². The van der Waals surface area contributed by atoms with Crippen molar-refractivity contribution >= 4 is 29.4 Å². The number of phenols is 1. The van der Waals surface area contributed by atoms with E-state index >= 15 is 0 Å². The molecule has 4 N–H and O–H groups in total. The standard InChI is InChI=1S/C28H42ClNO7/c1-7-9-10-17(3)24(32)19(5)25(33)18(4)15-23(36-6)26(34)27(37-8-2)28(35)30-14-13-20-11-12-22(31)21(29)16-20/h11-17,19,23-24,26-27,31-32,34H,7-10H2,1-6H3,(H,30,35). The van der Waals surface area contributed by atoms with Crippen LogP contribution in [0.4, 0.5) is 0 Å². The van der Waals surface area contributed by atoms with E-state index < -0.39 is 36.2 Å². The number of rotatable bonds is 16. The molecule has 0 saturated heterocycles. The number of ketones is 1. The lowest BCUT2D eigenvalue weighted by atomic mass is 9.85. The van der Waals surface area contributed by atoms with Gasteiger partial charge in [0, 0.05) is 25.8 Å². The number of carbonyl (C=O) groups excluding carboxylic acids is 2. The zero-order chi connectivity index (χ0) is 28.1. The van der Waals surface area contributed by atoms with Gasteiger partial charge in [0.25, 0.3) is 5.91 Å². The van der Waals surface area contributed by atoms with E-state index in [0.717, 1.165) is 19.3 Å². The predicted octanol–water partition coefficient (Wildman–Crippen LogP) is 4.25. The monoisotopic (exact) mass is 539 g/mol. The molecule has 1 rings (SSSR count). The van der Waals surface area contributed by atoms with Crippen molar-refractivity contribution in [2.75, 3.05) is 13.7 Å². The summed E-state index contributed by atoms with van der Waals surface area (Å²) < 4.78 is 10.9. The van der Waals surface area contributed by atoms with E-state index in [1.165, 1.54) is 31.5 Å². The van der Waals surface area contributed by atoms with Crippen LogP contribution in [0.3, 0.4) is 0 Å². The van der Waals surface area contributed by atoms with Crippen LogP contribution >= 0.6 is 11.6 Å². The van der Waals surface area contributed by atoms with Crippen molar-refractivity contribution in [3.8, 4) is 5.75 Å². The smallest absolute Gasteiger partial charge is 0.255 e. The van der Waals surface area contributed by atoms with Crippen LogP contribution in [0.25, 0.3) is 6.08 Å². The number of amides is 1. The van der Waals surface area contributed by atoms with Crippen molar-refractivity contribution in [2.45, 2.75) is 78.3 Å². The van der Waals surface area contributed by atoms with Gasteiger partial charge in [-0.05, 0) is 61.6 Å². The highest BCUT2D eigenvalue weighted by Gasteiger charge is 2.34. The molecule has 0 spiro atoms. The van der Waals surface area contributed by atoms with Crippen LogP contribution in [0.5, 0.6) is 5.75 Å². The van der Waals surface area contributed by atoms with Crippen molar-refractivity contribution in [3.05, 3.63) is 46.6 Å². The van der Waals surface area contributed by atoms with Crippen LogP contribution in [0.1, 0.15) is 59.4 Å². The topological polar surface area (TPSA) is 125 Å². The molecule has 0 aliphatic carbocycles. The molecule has 8 nitrogen and oxygen atoms in total. The fourth-order valence-electron chi connectivity index (χ4n) is 3.95. The molecule has 0 bridgehead atoms. The number of aromatic hydroxyl groups is 1. The first-order chi connectivity index (χ1) is 17.5. The number of halogens is 1. The minimum Gasteiger partial charge on any atom is -0.506 e. The maximum atomic E-state index is 13.0. The number of hydrogen-bond donors (Lipinski definition) is 4. The fourth-order valence-corrected chi connectivity index (χ4v) is 4.14. The third kappa shape index (κ3) is 10.2. The lowest BCUT2D eigenvalue weighted by Crippen LogP contribution is -2.48. The van der Waals surface area contributed by atoms with E-state index in [4.69, 9.17) is 21.1 Å². The summed E-state index contributed by atoms with van der Waals surface area (Å²) in [5.41, 5.74) is 0.962. The Morgan fingerprint density at radius 3 is 2.41 bits per heavy atom. The lowest BCUT2D eigenvalue weighted by Gasteiger charge is -2.27. The zero-order valence-electron chi connectivity index (χ0n) is 22.6. The Bertz CT molecular complexity index is 933. The number of Topliss-reactive ketones (excluding diaryl/α,β-unsaturated/α-hetero) is 1. The summed E-state index contributed by atoms with van der Waals surface area (Å²) in [4.78, 5) is 25.8. The molecule has 6 unspecified atom stereocenters. The average molecular weight is 540 g/mol. The van der Waals surface area contributed by atoms with Crippen molar-refractivity contribution in [1.29, 1.82) is 0 Å². The molecule has 1 aromatic carbocycles. The van der Waals surface area contributed by atoms with Gasteiger partial charge in [-0.3, -0.25) is 9.59 Å². The van der Waals surface area contributed by atoms with Gasteiger partial charge in [0.2, 0.25) is 0 Å². The summed E-state index contributed by atoms with van der Waals surface area (Å²) in [6.45, 7) is 9.15. The molecule has 0 aliphatic heterocycles. The summed E-state index contributed by atoms with van der Waals surface area (Å²) in [5.74, 6) is -1.55. The van der Waals surface area contributed by atoms with Crippen LogP contribution in [-0.4, -0.2) is 65.1 Å². The molecule has 6 atom stereocenters. The van der Waals surface area contributed by atoms with E-state index in [1.807, 2.05) is 6.92 Å². The van der Waals surface area contributed by atoms with Gasteiger partial charge in [-0.15, -0.1) is 0 Å². The number of methoxy groups -OCH3 is 1. The zero-order valence-corrected chi connectivity index (χ0v) is 23.4. The van der Waals surface area contributed by atoms with Crippen molar-refractivity contribution in [2.24, 2.45) is 11.8 Å². The second kappa shape index (κ2) is 16.6. The number of benzene rings is 1. The van der Waals surface area contributed by atoms with E-state index in [0.29, 0.717) is 11.1 Å². The molecule has 0 radical (unpaired) electrons. The number of aliphatic hydroxyl groups is 2. The third-order valence-electron chi connectivity index (χ3n) is 6.32. The third-order valence-corrected chi connectivity index (χ3v) is 6.62. The maximum absolute atomic E-state index is 13.0. The van der Waals surface area contributed by atoms with E-state index in [-0.39, 0.29) is 29.1 Å². The average Bonchev–Trinajstić information content (AvgIpc) is 2.88. The Labute approximate surface area is 225 Å². The van der Waals surface area contributed by atoms with E-state index in [1.54, 1.807) is 32.9 Å². The Kier molecular flexibility index (Phi) is 14.7. The molecule has 0 aliphatic rings. The molecule has 37 heavy (non-hydrogen) atoms. The molecule has 208 valence electrons. The molecule has 0 aromatic heterocycles. The molecule has 0 saturated carbocycles. The number of unbranched alkanes of at least 4 members (excludes halogenated alkanes) is 1. The van der Waals surface area contributed by atoms with Crippen LogP contribution in [0.2, 0.25) is 5.02 Å². The van der Waals surface area contributed by atoms with Crippen LogP contribution < -0.4 is 5.32 Å². The normalized spacial score (nSPS) is 17.2. The van der Waals surface area contributed by atoms with Gasteiger partial charge in [-0.1, -0.05) is 51.3 Å². The van der Waals surface area contributed by atoms with E-state index in [2.05, 4.69) is 12.2 Å². The number of nitrogens with one attached hydrogen (secondary N) is 1. The highest BCUT2D eigenvalue weighted by Crippen LogP contribution is 2.24. The minimum absolute atomic E-state index is 0.0211. The van der Waals surface area contributed by atoms with Crippen LogP contribution in [-0.2, 0) is 19.1 Å². The lowest BCUT2D eigenvalue weighted by molar-refractivity contribution is -0.145. The summed E-state index contributed by atoms with van der Waals surface area (Å²) in [6, 6.07) is 4.58. The second-order valence-electron chi connectivity index (χ2n) is 9.23. The van der Waals surface area contributed by atoms with E-state index in [9.17, 15) is 24.9 Å². The van der Waals surface area contributed by atoms with Gasteiger partial charge in [0.1, 0.15) is 18.0 Å². The Morgan fingerprint density at radius 1 is 1.16 bits per heavy atom. The Morgan fingerprint density at radius 2 is 1.84 bits per heavy atom. The molecule has 9 heteroatoms. The molecule has 0 fully saturated rings. The van der Waals surface area contributed by atoms with Crippen LogP contribution in [0.15, 0.2) is 36.0 Å². The van der Waals surface area contributed by atoms with Gasteiger partial charge in [-0.25, -0.2) is 0 Å². The van der Waals surface area contributed by atoms with Gasteiger partial charge in [0.05, 0.1) is 11.1 Å². The number of hydrogen-bond acceptors (Lipinski definition) is 7. The summed E-state index contributed by atoms with van der Waals surface area (Å²) in [7, 11) is 1.36. The largest absolute Gasteiger partial charge is 0.506 e. The number of aliphatic hydroxyl groups excluding tert-OH is 2. The Hall–Kier alpha value is -2.23. The highest BCUT2D eigenvalue weighted by molar-refractivity contribution is 6.32. The van der Waals surface area contributed by atoms with Crippen molar-refractivity contribution in [1.82, 2.24) is 5.32 Å². The summed E-state index contributed by atoms with van der Waals surface area (Å²) >= 11 is 5.89. The molecular formula is C28H42ClNO7. The molecule has 1 amide bonds. The molecular weight excluding hydrogens is 498 g/mol. The Balaban J connectivity index is 2.94. The first-order valence-electron chi connectivity index (χ1n) is 12.7. The molecule has 1 aromatic rings. The number of allylic oxidation sites excluding steroid dienone is 1. The highest BCUT2D eigenvalue weighted by atomic mass is 35.5. The summed E-state index contributed by atoms with van der Waals surface area (Å²) in [5, 5.41) is 33.8. The molecule has 0 heterocycles. The van der Waals surface area contributed by atoms with Gasteiger partial charge >= 0.3 is 0 Å². The quantitative estimate of drug-likeness (QED) is 0.231. The van der Waals surface area contributed by atoms with Gasteiger partial charge < -0.3 is 30.1 Å². The first kappa shape index (κ1) is 32.8. The minimum atomic E-state index is -1.41. The maximum Gasteiger partial charge on any atom is 0.255 e. The fraction of sp³-hybridized carbons (Fsp3) is 0.571. The van der Waals surface area contributed by atoms with Crippen LogP contribution in [0, 0.1) is 11.8 Å². The number of ether oxygens (including phenoxy) is 2. The van der Waals surface area contributed by atoms with Crippen molar-refractivity contribution in [3.63, 3.8) is 0 Å². The first-order valence-corrected chi connectivity index (χ1v) is 13.0. The SMILES string of the molecule is CCCCC(C)C(O)C(C)C(=O)C(C)=CC(OC)C(O)C(OCC)C(=O)NC=Cc1ccc(O)c(Cl)c1. The predicted molar refractivity (Wildman–Crippen MR) is 145 cm³/mol. The number of carbonyl (C=O) groups is 2. The second-order valence-corrected chi connectivity index (χ2v) is 9.64. The van der Waals surface area contributed by atoms with Gasteiger partial charge in [0.15, 0.2) is 11.9 Å². The number of phenolic OH excluding ortho intramolecular Hbond substituents is 1.